The van der Waals surface area contributed by atoms with Crippen molar-refractivity contribution in [3.8, 4) is 0 Å². The minimum Gasteiger partial charge on any atom is -0.392 e. The zero-order valence-corrected chi connectivity index (χ0v) is 12.1. The highest BCUT2D eigenvalue weighted by atomic mass is 16.3. The second kappa shape index (κ2) is 5.16. The van der Waals surface area contributed by atoms with Gasteiger partial charge in [-0.2, -0.15) is 0 Å². The Morgan fingerprint density at radius 2 is 1.40 bits per heavy atom. The van der Waals surface area contributed by atoms with Crippen LogP contribution >= 0.6 is 0 Å². The number of aliphatic hydroxyl groups excluding tert-OH is 1. The van der Waals surface area contributed by atoms with Crippen LogP contribution in [0, 0.1) is 23.7 Å². The molecule has 1 aromatic rings. The Labute approximate surface area is 121 Å². The molecule has 0 saturated heterocycles. The Morgan fingerprint density at radius 3 is 1.95 bits per heavy atom. The highest BCUT2D eigenvalue weighted by Gasteiger charge is 2.47. The van der Waals surface area contributed by atoms with Gasteiger partial charge in [-0.15, -0.1) is 0 Å². The molecule has 0 unspecified atom stereocenters. The van der Waals surface area contributed by atoms with Gasteiger partial charge >= 0.3 is 0 Å². The largest absolute Gasteiger partial charge is 0.392 e. The molecule has 0 amide bonds. The lowest BCUT2D eigenvalue weighted by atomic mass is 9.54. The zero-order chi connectivity index (χ0) is 13.5. The Kier molecular flexibility index (Phi) is 3.31. The molecule has 4 fully saturated rings. The molecule has 0 radical (unpaired) electrons. The minimum atomic E-state index is 0.142. The maximum Gasteiger partial charge on any atom is 0.0681 e. The Hall–Kier alpha value is -0.860. The van der Waals surface area contributed by atoms with E-state index in [0.29, 0.717) is 0 Å². The van der Waals surface area contributed by atoms with Gasteiger partial charge in [0, 0.05) is 12.6 Å². The third kappa shape index (κ3) is 2.29. The van der Waals surface area contributed by atoms with Gasteiger partial charge < -0.3 is 10.4 Å². The summed E-state index contributed by atoms with van der Waals surface area (Å²) < 4.78 is 0. The third-order valence-electron chi connectivity index (χ3n) is 5.97. The van der Waals surface area contributed by atoms with Gasteiger partial charge in [-0.25, -0.2) is 0 Å². The van der Waals surface area contributed by atoms with Gasteiger partial charge in [-0.05, 0) is 66.9 Å². The lowest BCUT2D eigenvalue weighted by Crippen LogP contribution is -2.54. The van der Waals surface area contributed by atoms with E-state index in [1.807, 2.05) is 12.1 Å². The van der Waals surface area contributed by atoms with E-state index in [-0.39, 0.29) is 6.61 Å². The molecule has 2 nitrogen and oxygen atoms in total. The van der Waals surface area contributed by atoms with Crippen molar-refractivity contribution < 1.29 is 5.11 Å². The van der Waals surface area contributed by atoms with Crippen molar-refractivity contribution in [3.05, 3.63) is 35.4 Å². The molecular weight excluding hydrogens is 246 g/mol. The number of nitrogens with one attached hydrogen (secondary N) is 1. The summed E-state index contributed by atoms with van der Waals surface area (Å²) >= 11 is 0. The molecule has 4 aliphatic rings. The van der Waals surface area contributed by atoms with E-state index in [4.69, 9.17) is 5.11 Å². The number of hydrogen-bond donors (Lipinski definition) is 2. The SMILES string of the molecule is OCc1ccc(CNC2C3CC4CC(C3)CC2C4)cc1. The first-order valence-electron chi connectivity index (χ1n) is 8.24. The normalized spacial score (nSPS) is 38.4. The van der Waals surface area contributed by atoms with Gasteiger partial charge in [0.1, 0.15) is 0 Å². The first-order chi connectivity index (χ1) is 9.81. The lowest BCUT2D eigenvalue weighted by Gasteiger charge is -2.54. The van der Waals surface area contributed by atoms with E-state index >= 15 is 0 Å². The molecule has 0 aromatic heterocycles. The lowest BCUT2D eigenvalue weighted by molar-refractivity contribution is -0.0142. The Bertz CT molecular complexity index is 439. The number of hydrogen-bond acceptors (Lipinski definition) is 2. The van der Waals surface area contributed by atoms with Crippen molar-refractivity contribution in [2.24, 2.45) is 23.7 Å². The fourth-order valence-corrected chi connectivity index (χ4v) is 5.26. The molecule has 4 saturated carbocycles. The van der Waals surface area contributed by atoms with Crippen LogP contribution in [-0.2, 0) is 13.2 Å². The van der Waals surface area contributed by atoms with Crippen LogP contribution in [0.3, 0.4) is 0 Å². The highest BCUT2D eigenvalue weighted by molar-refractivity contribution is 5.22. The average Bonchev–Trinajstić information content (AvgIpc) is 2.46. The predicted octanol–water partition coefficient (Wildman–Crippen LogP) is 3.09. The average molecular weight is 271 g/mol. The molecule has 4 aliphatic carbocycles. The second-order valence-corrected chi connectivity index (χ2v) is 7.31. The first-order valence-corrected chi connectivity index (χ1v) is 8.24. The first kappa shape index (κ1) is 12.8. The molecule has 0 spiro atoms. The summed E-state index contributed by atoms with van der Waals surface area (Å²) in [6.45, 7) is 1.13. The summed E-state index contributed by atoms with van der Waals surface area (Å²) in [5, 5.41) is 12.9. The fraction of sp³-hybridized carbons (Fsp3) is 0.667. The van der Waals surface area contributed by atoms with Gasteiger partial charge in [0.25, 0.3) is 0 Å². The number of aliphatic hydroxyl groups is 1. The molecule has 2 heteroatoms. The van der Waals surface area contributed by atoms with E-state index in [1.54, 1.807) is 0 Å². The van der Waals surface area contributed by atoms with Crippen molar-refractivity contribution in [2.75, 3.05) is 0 Å². The monoisotopic (exact) mass is 271 g/mol. The van der Waals surface area contributed by atoms with Crippen LogP contribution in [0.4, 0.5) is 0 Å². The maximum absolute atomic E-state index is 9.08. The molecule has 20 heavy (non-hydrogen) atoms. The van der Waals surface area contributed by atoms with E-state index in [0.717, 1.165) is 41.8 Å². The molecule has 0 atom stereocenters. The zero-order valence-electron chi connectivity index (χ0n) is 12.1. The van der Waals surface area contributed by atoms with Crippen LogP contribution in [-0.4, -0.2) is 11.1 Å². The van der Waals surface area contributed by atoms with Crippen LogP contribution in [0.15, 0.2) is 24.3 Å². The quantitative estimate of drug-likeness (QED) is 0.882. The molecule has 108 valence electrons. The molecule has 2 N–H and O–H groups in total. The van der Waals surface area contributed by atoms with Crippen LogP contribution in [0.5, 0.6) is 0 Å². The van der Waals surface area contributed by atoms with Crippen LogP contribution < -0.4 is 5.32 Å². The van der Waals surface area contributed by atoms with Crippen LogP contribution in [0.2, 0.25) is 0 Å². The maximum atomic E-state index is 9.08. The van der Waals surface area contributed by atoms with Gasteiger partial charge in [0.2, 0.25) is 0 Å². The van der Waals surface area contributed by atoms with Crippen molar-refractivity contribution in [3.63, 3.8) is 0 Å². The van der Waals surface area contributed by atoms with Gasteiger partial charge in [-0.3, -0.25) is 0 Å². The fourth-order valence-electron chi connectivity index (χ4n) is 5.26. The molecule has 4 bridgehead atoms. The molecule has 1 aromatic carbocycles. The predicted molar refractivity (Wildman–Crippen MR) is 80.0 cm³/mol. The molecular formula is C18H25NO. The number of rotatable bonds is 4. The van der Waals surface area contributed by atoms with Crippen molar-refractivity contribution in [2.45, 2.75) is 51.3 Å². The second-order valence-electron chi connectivity index (χ2n) is 7.31. The summed E-state index contributed by atoms with van der Waals surface area (Å²) in [7, 11) is 0. The summed E-state index contributed by atoms with van der Waals surface area (Å²) in [6.07, 6.45) is 7.45. The highest BCUT2D eigenvalue weighted by Crippen LogP contribution is 2.53. The van der Waals surface area contributed by atoms with Gasteiger partial charge in [0.05, 0.1) is 6.61 Å². The summed E-state index contributed by atoms with van der Waals surface area (Å²) in [4.78, 5) is 0. The van der Waals surface area contributed by atoms with Crippen molar-refractivity contribution >= 4 is 0 Å². The smallest absolute Gasteiger partial charge is 0.0681 e. The third-order valence-corrected chi connectivity index (χ3v) is 5.97. The van der Waals surface area contributed by atoms with E-state index in [2.05, 4.69) is 17.4 Å². The molecule has 0 aliphatic heterocycles. The van der Waals surface area contributed by atoms with Gasteiger partial charge in [0.15, 0.2) is 0 Å². The van der Waals surface area contributed by atoms with Crippen molar-refractivity contribution in [1.29, 1.82) is 0 Å². The van der Waals surface area contributed by atoms with E-state index < -0.39 is 0 Å². The van der Waals surface area contributed by atoms with Crippen LogP contribution in [0.25, 0.3) is 0 Å². The summed E-state index contributed by atoms with van der Waals surface area (Å²) in [6, 6.07) is 9.13. The number of benzene rings is 1. The Morgan fingerprint density at radius 1 is 0.850 bits per heavy atom. The summed E-state index contributed by atoms with van der Waals surface area (Å²) in [5.74, 6) is 4.00. The summed E-state index contributed by atoms with van der Waals surface area (Å²) in [5.41, 5.74) is 2.35. The molecule has 0 heterocycles. The molecule has 5 rings (SSSR count). The standard InChI is InChI=1S/C18H25NO/c20-11-13-3-1-12(2-4-13)10-19-18-16-6-14-5-15(8-16)9-17(18)7-14/h1-4,14-20H,5-11H2. The van der Waals surface area contributed by atoms with Gasteiger partial charge in [-0.1, -0.05) is 24.3 Å². The topological polar surface area (TPSA) is 32.3 Å². The minimum absolute atomic E-state index is 0.142. The van der Waals surface area contributed by atoms with E-state index in [1.165, 1.54) is 37.7 Å². The van der Waals surface area contributed by atoms with Crippen LogP contribution in [0.1, 0.15) is 43.2 Å². The Balaban J connectivity index is 1.39. The van der Waals surface area contributed by atoms with E-state index in [9.17, 15) is 0 Å². The van der Waals surface area contributed by atoms with Crippen molar-refractivity contribution in [1.82, 2.24) is 5.32 Å².